The number of alkyl halides is 3. The highest BCUT2D eigenvalue weighted by molar-refractivity contribution is 5.94. The van der Waals surface area contributed by atoms with E-state index in [0.717, 1.165) is 25.3 Å². The van der Waals surface area contributed by atoms with Crippen LogP contribution >= 0.6 is 0 Å². The number of carbonyl (C=O) groups excluding carboxylic acids is 1. The topological polar surface area (TPSA) is 109 Å². The molecule has 4 rings (SSSR count). The number of hydrogen-bond acceptors (Lipinski definition) is 8. The summed E-state index contributed by atoms with van der Waals surface area (Å²) in [6, 6.07) is 14.2. The molecule has 0 unspecified atom stereocenters. The lowest BCUT2D eigenvalue weighted by atomic mass is 10.2. The molecule has 0 bridgehead atoms. The van der Waals surface area contributed by atoms with E-state index in [1.54, 1.807) is 48.1 Å². The maximum absolute atomic E-state index is 12.8. The molecule has 0 saturated carbocycles. The number of hydrogen-bond donors (Lipinski definition) is 3. The molecule has 0 aliphatic carbocycles. The first-order chi connectivity index (χ1) is 19.6. The quantitative estimate of drug-likeness (QED) is 0.208. The number of amides is 1. The maximum atomic E-state index is 12.8. The van der Waals surface area contributed by atoms with Crippen molar-refractivity contribution in [3.63, 3.8) is 0 Å². The zero-order valence-corrected chi connectivity index (χ0v) is 22.9. The first kappa shape index (κ1) is 29.3. The van der Waals surface area contributed by atoms with Crippen molar-refractivity contribution in [2.45, 2.75) is 27.1 Å². The van der Waals surface area contributed by atoms with Crippen molar-refractivity contribution in [1.82, 2.24) is 29.7 Å². The number of ether oxygens (including phenoxy) is 1. The second-order valence-corrected chi connectivity index (χ2v) is 8.96. The van der Waals surface area contributed by atoms with Gasteiger partial charge in [0.25, 0.3) is 5.91 Å². The minimum atomic E-state index is -4.76. The van der Waals surface area contributed by atoms with Gasteiger partial charge in [0.05, 0.1) is 0 Å². The Balaban J connectivity index is 1.45. The lowest BCUT2D eigenvalue weighted by Gasteiger charge is -2.18. The van der Waals surface area contributed by atoms with Gasteiger partial charge in [-0.05, 0) is 62.5 Å². The van der Waals surface area contributed by atoms with Gasteiger partial charge in [0.15, 0.2) is 0 Å². The molecule has 4 aromatic rings. The highest BCUT2D eigenvalue weighted by atomic mass is 19.4. The predicted molar refractivity (Wildman–Crippen MR) is 150 cm³/mol. The van der Waals surface area contributed by atoms with E-state index in [4.69, 9.17) is 0 Å². The summed E-state index contributed by atoms with van der Waals surface area (Å²) in [6.07, 6.45) is -1.38. The van der Waals surface area contributed by atoms with Crippen LogP contribution in [0, 0.1) is 6.92 Å². The molecule has 1 amide bonds. The van der Waals surface area contributed by atoms with Crippen LogP contribution in [0.4, 0.5) is 36.4 Å². The van der Waals surface area contributed by atoms with Gasteiger partial charge in [-0.2, -0.15) is 0 Å². The molecule has 0 aliphatic rings. The fourth-order valence-electron chi connectivity index (χ4n) is 4.07. The van der Waals surface area contributed by atoms with E-state index >= 15 is 0 Å². The minimum Gasteiger partial charge on any atom is -0.406 e. The predicted octanol–water partition coefficient (Wildman–Crippen LogP) is 5.43. The number of halogens is 3. The van der Waals surface area contributed by atoms with Crippen LogP contribution in [0.1, 0.15) is 30.0 Å². The molecule has 0 spiro atoms. The third kappa shape index (κ3) is 8.42. The van der Waals surface area contributed by atoms with Crippen LogP contribution in [0.5, 0.6) is 5.75 Å². The Morgan fingerprint density at radius 1 is 1.00 bits per heavy atom. The summed E-state index contributed by atoms with van der Waals surface area (Å²) >= 11 is 0. The fraction of sp³-hybridized carbons (Fsp3) is 0.286. The molecule has 216 valence electrons. The first-order valence-corrected chi connectivity index (χ1v) is 13.0. The SMILES string of the molecule is CCN(CC)CCNC(=O)c1cccc(-n2ccnc2Nc2cc(Nc3ccc(OC(F)(F)F)cc3)nc(C)n2)c1. The average Bonchev–Trinajstić information content (AvgIpc) is 3.39. The molecular weight excluding hydrogens is 537 g/mol. The van der Waals surface area contributed by atoms with Crippen molar-refractivity contribution in [2.24, 2.45) is 0 Å². The molecule has 2 heterocycles. The van der Waals surface area contributed by atoms with Gasteiger partial charge in [0.1, 0.15) is 23.2 Å². The number of benzene rings is 2. The lowest BCUT2D eigenvalue weighted by molar-refractivity contribution is -0.274. The summed E-state index contributed by atoms with van der Waals surface area (Å²) in [6.45, 7) is 9.07. The van der Waals surface area contributed by atoms with Crippen molar-refractivity contribution in [2.75, 3.05) is 36.8 Å². The first-order valence-electron chi connectivity index (χ1n) is 13.0. The Morgan fingerprint density at radius 2 is 1.71 bits per heavy atom. The fourth-order valence-corrected chi connectivity index (χ4v) is 4.07. The maximum Gasteiger partial charge on any atom is 0.573 e. The minimum absolute atomic E-state index is 0.159. The van der Waals surface area contributed by atoms with Gasteiger partial charge in [0, 0.05) is 48.5 Å². The molecule has 3 N–H and O–H groups in total. The lowest BCUT2D eigenvalue weighted by Crippen LogP contribution is -2.34. The summed E-state index contributed by atoms with van der Waals surface area (Å²) in [5, 5.41) is 9.19. The van der Waals surface area contributed by atoms with Crippen LogP contribution in [-0.2, 0) is 0 Å². The molecule has 41 heavy (non-hydrogen) atoms. The molecule has 0 atom stereocenters. The molecule has 10 nitrogen and oxygen atoms in total. The van der Waals surface area contributed by atoms with Gasteiger partial charge in [0.2, 0.25) is 5.95 Å². The van der Waals surface area contributed by atoms with Crippen molar-refractivity contribution in [1.29, 1.82) is 0 Å². The van der Waals surface area contributed by atoms with E-state index in [1.807, 2.05) is 6.07 Å². The van der Waals surface area contributed by atoms with E-state index in [9.17, 15) is 18.0 Å². The molecule has 2 aromatic carbocycles. The molecule has 0 radical (unpaired) electrons. The normalized spacial score (nSPS) is 11.4. The third-order valence-corrected chi connectivity index (χ3v) is 6.07. The Kier molecular flexibility index (Phi) is 9.40. The van der Waals surface area contributed by atoms with Gasteiger partial charge in [-0.1, -0.05) is 19.9 Å². The Bertz CT molecular complexity index is 1450. The second-order valence-electron chi connectivity index (χ2n) is 8.96. The monoisotopic (exact) mass is 568 g/mol. The Labute approximate surface area is 235 Å². The van der Waals surface area contributed by atoms with Crippen LogP contribution < -0.4 is 20.7 Å². The molecule has 0 saturated heterocycles. The number of carbonyl (C=O) groups is 1. The largest absolute Gasteiger partial charge is 0.573 e. The van der Waals surface area contributed by atoms with Gasteiger partial charge >= 0.3 is 6.36 Å². The van der Waals surface area contributed by atoms with Crippen molar-refractivity contribution in [3.8, 4) is 11.4 Å². The van der Waals surface area contributed by atoms with E-state index in [2.05, 4.69) is 54.4 Å². The van der Waals surface area contributed by atoms with E-state index in [0.29, 0.717) is 41.2 Å². The van der Waals surface area contributed by atoms with E-state index < -0.39 is 6.36 Å². The number of nitrogens with one attached hydrogen (secondary N) is 3. The smallest absolute Gasteiger partial charge is 0.406 e. The summed E-state index contributed by atoms with van der Waals surface area (Å²) in [4.78, 5) is 28.1. The number of likely N-dealkylation sites (N-methyl/N-ethyl adjacent to an activating group) is 1. The second kappa shape index (κ2) is 13.1. The van der Waals surface area contributed by atoms with Crippen LogP contribution in [0.2, 0.25) is 0 Å². The summed E-state index contributed by atoms with van der Waals surface area (Å²) < 4.78 is 43.0. The van der Waals surface area contributed by atoms with E-state index in [-0.39, 0.29) is 11.7 Å². The number of anilines is 4. The number of nitrogens with zero attached hydrogens (tertiary/aromatic N) is 5. The Morgan fingerprint density at radius 3 is 2.39 bits per heavy atom. The van der Waals surface area contributed by atoms with Crippen LogP contribution in [0.3, 0.4) is 0 Å². The summed E-state index contributed by atoms with van der Waals surface area (Å²) in [5.74, 6) is 1.30. The van der Waals surface area contributed by atoms with Gasteiger partial charge < -0.3 is 25.6 Å². The molecular formula is C28H31F3N8O2. The summed E-state index contributed by atoms with van der Waals surface area (Å²) in [7, 11) is 0. The van der Waals surface area contributed by atoms with Gasteiger partial charge in [-0.25, -0.2) is 15.0 Å². The molecule has 0 fully saturated rings. The van der Waals surface area contributed by atoms with Gasteiger partial charge in [-0.3, -0.25) is 9.36 Å². The Hall–Kier alpha value is -4.65. The van der Waals surface area contributed by atoms with E-state index in [1.165, 1.54) is 24.3 Å². The van der Waals surface area contributed by atoms with Gasteiger partial charge in [-0.15, -0.1) is 13.2 Å². The number of aryl methyl sites for hydroxylation is 1. The van der Waals surface area contributed by atoms with Crippen LogP contribution in [0.15, 0.2) is 67.0 Å². The van der Waals surface area contributed by atoms with Crippen molar-refractivity contribution >= 4 is 29.2 Å². The third-order valence-electron chi connectivity index (χ3n) is 6.07. The zero-order valence-electron chi connectivity index (χ0n) is 22.9. The van der Waals surface area contributed by atoms with Crippen LogP contribution in [0.25, 0.3) is 5.69 Å². The summed E-state index contributed by atoms with van der Waals surface area (Å²) in [5.41, 5.74) is 1.77. The van der Waals surface area contributed by atoms with Crippen LogP contribution in [-0.4, -0.2) is 62.9 Å². The number of aromatic nitrogens is 4. The standard InChI is InChI=1S/C28H31F3N8O2/c1-4-38(5-2)15-13-32-26(40)20-7-6-8-22(17-20)39-16-14-33-27(39)37-25-18-24(34-19(3)35-25)36-21-9-11-23(12-10-21)41-28(29,30)31/h6-12,14,16-18H,4-5,13,15H2,1-3H3,(H,32,40)(H2,33,34,35,36,37). The molecule has 2 aromatic heterocycles. The van der Waals surface area contributed by atoms with Crippen molar-refractivity contribution < 1.29 is 22.7 Å². The number of rotatable bonds is 12. The van der Waals surface area contributed by atoms with Crippen molar-refractivity contribution in [3.05, 3.63) is 78.4 Å². The molecule has 0 aliphatic heterocycles. The zero-order chi connectivity index (χ0) is 29.4. The highest BCUT2D eigenvalue weighted by Gasteiger charge is 2.31. The average molecular weight is 569 g/mol. The molecule has 13 heteroatoms. The highest BCUT2D eigenvalue weighted by Crippen LogP contribution is 2.26. The number of imidazole rings is 1.